The summed E-state index contributed by atoms with van der Waals surface area (Å²) in [5.74, 6) is -4.48. The molecule has 0 aromatic rings. The number of halogens is 5. The lowest BCUT2D eigenvalue weighted by atomic mass is 10.2. The lowest BCUT2D eigenvalue weighted by molar-refractivity contribution is -0.284. The third kappa shape index (κ3) is 6.92. The minimum absolute atomic E-state index is 0.116. The van der Waals surface area contributed by atoms with Crippen LogP contribution < -0.4 is 5.32 Å². The van der Waals surface area contributed by atoms with Crippen molar-refractivity contribution in [3.05, 3.63) is 0 Å². The summed E-state index contributed by atoms with van der Waals surface area (Å²) in [5.41, 5.74) is 0. The van der Waals surface area contributed by atoms with Gasteiger partial charge in [-0.25, -0.2) is 0 Å². The Bertz CT molecular complexity index is 244. The van der Waals surface area contributed by atoms with E-state index in [9.17, 15) is 26.2 Å². The SMILES string of the molecule is CNCCCS(=O)CCCC(F)(F)C(F)(F)F. The van der Waals surface area contributed by atoms with Crippen molar-refractivity contribution in [2.24, 2.45) is 0 Å². The van der Waals surface area contributed by atoms with Gasteiger partial charge in [0, 0.05) is 28.7 Å². The monoisotopic (exact) mass is 281 g/mol. The molecule has 0 bridgehead atoms. The summed E-state index contributed by atoms with van der Waals surface area (Å²) in [6.45, 7) is 0.643. The van der Waals surface area contributed by atoms with E-state index >= 15 is 0 Å². The second-order valence-corrected chi connectivity index (χ2v) is 5.31. The Morgan fingerprint density at radius 1 is 1.06 bits per heavy atom. The Balaban J connectivity index is 3.80. The van der Waals surface area contributed by atoms with Crippen LogP contribution in [0.1, 0.15) is 19.3 Å². The molecule has 0 aliphatic carbocycles. The second-order valence-electron chi connectivity index (χ2n) is 3.61. The average Bonchev–Trinajstić information content (AvgIpc) is 2.16. The highest BCUT2D eigenvalue weighted by atomic mass is 32.2. The Labute approximate surface area is 99.4 Å². The van der Waals surface area contributed by atoms with Crippen molar-refractivity contribution in [2.45, 2.75) is 31.4 Å². The summed E-state index contributed by atoms with van der Waals surface area (Å²) in [6, 6.07) is 0. The maximum Gasteiger partial charge on any atom is 0.453 e. The van der Waals surface area contributed by atoms with Crippen LogP contribution in [0.2, 0.25) is 0 Å². The zero-order valence-corrected chi connectivity index (χ0v) is 10.3. The summed E-state index contributed by atoms with van der Waals surface area (Å²) in [5, 5.41) is 2.82. The van der Waals surface area contributed by atoms with Crippen LogP contribution in [0.3, 0.4) is 0 Å². The van der Waals surface area contributed by atoms with Crippen LogP contribution in [0.4, 0.5) is 22.0 Å². The quantitative estimate of drug-likeness (QED) is 0.546. The molecule has 0 aliphatic heterocycles. The van der Waals surface area contributed by atoms with E-state index in [0.717, 1.165) is 0 Å². The van der Waals surface area contributed by atoms with Gasteiger partial charge in [0.2, 0.25) is 0 Å². The predicted octanol–water partition coefficient (Wildman–Crippen LogP) is 2.32. The van der Waals surface area contributed by atoms with Crippen LogP contribution in [-0.2, 0) is 10.8 Å². The van der Waals surface area contributed by atoms with Gasteiger partial charge in [0.25, 0.3) is 0 Å². The van der Waals surface area contributed by atoms with Gasteiger partial charge < -0.3 is 5.32 Å². The molecule has 104 valence electrons. The molecular formula is C9H16F5NOS. The van der Waals surface area contributed by atoms with Crippen molar-refractivity contribution < 1.29 is 26.2 Å². The summed E-state index contributed by atoms with van der Waals surface area (Å²) in [4.78, 5) is 0. The molecule has 0 heterocycles. The van der Waals surface area contributed by atoms with Gasteiger partial charge >= 0.3 is 12.1 Å². The van der Waals surface area contributed by atoms with Crippen LogP contribution in [-0.4, -0.2) is 41.4 Å². The van der Waals surface area contributed by atoms with Gasteiger partial charge in [0.05, 0.1) is 0 Å². The summed E-state index contributed by atoms with van der Waals surface area (Å²) in [7, 11) is 0.391. The van der Waals surface area contributed by atoms with Gasteiger partial charge in [-0.3, -0.25) is 4.21 Å². The van der Waals surface area contributed by atoms with E-state index in [0.29, 0.717) is 18.7 Å². The van der Waals surface area contributed by atoms with E-state index in [-0.39, 0.29) is 5.75 Å². The Morgan fingerprint density at radius 2 is 1.59 bits per heavy atom. The molecule has 0 saturated carbocycles. The molecule has 1 unspecified atom stereocenters. The van der Waals surface area contributed by atoms with Crippen molar-refractivity contribution in [2.75, 3.05) is 25.1 Å². The van der Waals surface area contributed by atoms with Crippen LogP contribution in [0.25, 0.3) is 0 Å². The fourth-order valence-electron chi connectivity index (χ4n) is 1.11. The second kappa shape index (κ2) is 7.25. The fourth-order valence-corrected chi connectivity index (χ4v) is 2.25. The van der Waals surface area contributed by atoms with Crippen molar-refractivity contribution in [3.8, 4) is 0 Å². The van der Waals surface area contributed by atoms with E-state index < -0.39 is 35.7 Å². The molecule has 1 atom stereocenters. The van der Waals surface area contributed by atoms with E-state index in [1.807, 2.05) is 0 Å². The van der Waals surface area contributed by atoms with Gasteiger partial charge in [-0.05, 0) is 26.4 Å². The van der Waals surface area contributed by atoms with Crippen molar-refractivity contribution in [3.63, 3.8) is 0 Å². The van der Waals surface area contributed by atoms with Crippen LogP contribution in [0.5, 0.6) is 0 Å². The maximum atomic E-state index is 12.5. The number of rotatable bonds is 8. The highest BCUT2D eigenvalue weighted by Gasteiger charge is 2.56. The number of alkyl halides is 5. The van der Waals surface area contributed by atoms with E-state index in [1.54, 1.807) is 7.05 Å². The molecule has 8 heteroatoms. The topological polar surface area (TPSA) is 29.1 Å². The molecular weight excluding hydrogens is 265 g/mol. The van der Waals surface area contributed by atoms with Gasteiger partial charge in [0.15, 0.2) is 0 Å². The standard InChI is InChI=1S/C9H16F5NOS/c1-15-5-3-7-17(16)6-2-4-8(10,11)9(12,13)14/h15H,2-7H2,1H3. The van der Waals surface area contributed by atoms with E-state index in [4.69, 9.17) is 0 Å². The first-order valence-corrected chi connectivity index (χ1v) is 6.63. The molecule has 0 aliphatic rings. The maximum absolute atomic E-state index is 12.5. The first-order valence-electron chi connectivity index (χ1n) is 5.15. The van der Waals surface area contributed by atoms with Crippen molar-refractivity contribution in [1.82, 2.24) is 5.32 Å². The van der Waals surface area contributed by atoms with Gasteiger partial charge in [-0.1, -0.05) is 0 Å². The van der Waals surface area contributed by atoms with Crippen LogP contribution in [0, 0.1) is 0 Å². The largest absolute Gasteiger partial charge is 0.453 e. The van der Waals surface area contributed by atoms with Crippen molar-refractivity contribution >= 4 is 10.8 Å². The van der Waals surface area contributed by atoms with Crippen LogP contribution >= 0.6 is 0 Å². The Kier molecular flexibility index (Phi) is 7.15. The first kappa shape index (κ1) is 16.8. The molecule has 0 saturated heterocycles. The first-order chi connectivity index (χ1) is 7.70. The molecule has 17 heavy (non-hydrogen) atoms. The molecule has 0 aromatic carbocycles. The fraction of sp³-hybridized carbons (Fsp3) is 1.00. The minimum Gasteiger partial charge on any atom is -0.320 e. The van der Waals surface area contributed by atoms with Crippen molar-refractivity contribution in [1.29, 1.82) is 0 Å². The number of hydrogen-bond donors (Lipinski definition) is 1. The molecule has 1 N–H and O–H groups in total. The Morgan fingerprint density at radius 3 is 2.06 bits per heavy atom. The smallest absolute Gasteiger partial charge is 0.320 e. The lowest BCUT2D eigenvalue weighted by Gasteiger charge is -2.19. The number of hydrogen-bond acceptors (Lipinski definition) is 2. The zero-order chi connectivity index (χ0) is 13.5. The highest BCUT2D eigenvalue weighted by Crippen LogP contribution is 2.38. The highest BCUT2D eigenvalue weighted by molar-refractivity contribution is 7.84. The lowest BCUT2D eigenvalue weighted by Crippen LogP contribution is -2.36. The average molecular weight is 281 g/mol. The summed E-state index contributed by atoms with van der Waals surface area (Å²) < 4.78 is 71.4. The van der Waals surface area contributed by atoms with E-state index in [1.165, 1.54) is 0 Å². The number of nitrogens with one attached hydrogen (secondary N) is 1. The van der Waals surface area contributed by atoms with E-state index in [2.05, 4.69) is 5.32 Å². The third-order valence-electron chi connectivity index (χ3n) is 2.08. The summed E-state index contributed by atoms with van der Waals surface area (Å²) >= 11 is 0. The van der Waals surface area contributed by atoms with Gasteiger partial charge in [-0.15, -0.1) is 0 Å². The Hall–Kier alpha value is -0.240. The predicted molar refractivity (Wildman–Crippen MR) is 56.7 cm³/mol. The molecule has 0 radical (unpaired) electrons. The third-order valence-corrected chi connectivity index (χ3v) is 3.56. The summed E-state index contributed by atoms with van der Waals surface area (Å²) in [6.07, 6.45) is -6.59. The zero-order valence-electron chi connectivity index (χ0n) is 9.45. The molecule has 0 aromatic heterocycles. The van der Waals surface area contributed by atoms with Gasteiger partial charge in [0.1, 0.15) is 0 Å². The van der Waals surface area contributed by atoms with Crippen LogP contribution in [0.15, 0.2) is 0 Å². The molecule has 2 nitrogen and oxygen atoms in total. The molecule has 0 rings (SSSR count). The minimum atomic E-state index is -5.51. The van der Waals surface area contributed by atoms with Gasteiger partial charge in [-0.2, -0.15) is 22.0 Å². The molecule has 0 amide bonds. The normalized spacial score (nSPS) is 14.9. The molecule has 0 spiro atoms. The molecule has 0 fully saturated rings.